The number of likely N-dealkylation sites (tertiary alicyclic amines) is 2. The molecule has 3 aliphatic rings. The Morgan fingerprint density at radius 3 is 2.86 bits per heavy atom. The summed E-state index contributed by atoms with van der Waals surface area (Å²) in [5.41, 5.74) is 1.21. The number of hydrogen-bond acceptors (Lipinski definition) is 6. The number of nitrogens with one attached hydrogen (secondary N) is 1. The number of methoxy groups -OCH3 is 1. The fourth-order valence-electron chi connectivity index (χ4n) is 4.62. The zero-order valence-electron chi connectivity index (χ0n) is 16.8. The lowest BCUT2D eigenvalue weighted by molar-refractivity contribution is -0.153. The molecule has 1 N–H and O–H groups in total. The van der Waals surface area contributed by atoms with E-state index in [4.69, 9.17) is 0 Å². The van der Waals surface area contributed by atoms with Crippen LogP contribution in [-0.4, -0.2) is 79.6 Å². The lowest BCUT2D eigenvalue weighted by Crippen LogP contribution is -2.64. The van der Waals surface area contributed by atoms with Gasteiger partial charge in [-0.05, 0) is 24.5 Å². The Bertz CT molecular complexity index is 793. The highest BCUT2D eigenvalue weighted by molar-refractivity contribution is 5.81. The topological polar surface area (TPSA) is 57.7 Å². The van der Waals surface area contributed by atoms with Crippen LogP contribution >= 0.6 is 0 Å². The van der Waals surface area contributed by atoms with Crippen molar-refractivity contribution in [3.8, 4) is 0 Å². The number of halogens is 2. The molecule has 0 unspecified atom stereocenters. The quantitative estimate of drug-likeness (QED) is 0.576. The van der Waals surface area contributed by atoms with Gasteiger partial charge in [-0.1, -0.05) is 12.1 Å². The van der Waals surface area contributed by atoms with Gasteiger partial charge in [0, 0.05) is 57.5 Å². The first kappa shape index (κ1) is 20.2. The predicted molar refractivity (Wildman–Crippen MR) is 106 cm³/mol. The van der Waals surface area contributed by atoms with Gasteiger partial charge in [0.1, 0.15) is 5.82 Å². The Hall–Kier alpha value is -2.06. The first-order valence-corrected chi connectivity index (χ1v) is 10.2. The number of aryl methyl sites for hydroxylation is 1. The highest BCUT2D eigenvalue weighted by Gasteiger charge is 2.64. The summed E-state index contributed by atoms with van der Waals surface area (Å²) >= 11 is 0. The number of fused-ring (bicyclic) bond motifs is 1. The van der Waals surface area contributed by atoms with Gasteiger partial charge in [0.25, 0.3) is 5.92 Å². The number of ether oxygens (including phenoxy) is 1. The number of esters is 1. The minimum absolute atomic E-state index is 0.192. The molecule has 0 aliphatic carbocycles. The number of alkyl halides is 2. The van der Waals surface area contributed by atoms with Crippen molar-refractivity contribution >= 4 is 11.8 Å². The van der Waals surface area contributed by atoms with E-state index in [0.717, 1.165) is 30.9 Å². The Morgan fingerprint density at radius 2 is 2.07 bits per heavy atom. The molecule has 0 bridgehead atoms. The first-order valence-electron chi connectivity index (χ1n) is 10.2. The molecule has 0 atom stereocenters. The number of rotatable bonds is 6. The smallest absolute Gasteiger partial charge is 0.330 e. The second-order valence-electron chi connectivity index (χ2n) is 8.38. The van der Waals surface area contributed by atoms with Crippen LogP contribution in [0.15, 0.2) is 24.3 Å². The highest BCUT2D eigenvalue weighted by atomic mass is 19.3. The molecule has 0 saturated carbocycles. The number of aromatic nitrogens is 1. The summed E-state index contributed by atoms with van der Waals surface area (Å²) in [5.74, 6) is -2.17. The van der Waals surface area contributed by atoms with Gasteiger partial charge in [-0.25, -0.2) is 18.6 Å². The summed E-state index contributed by atoms with van der Waals surface area (Å²) in [4.78, 5) is 19.6. The van der Waals surface area contributed by atoms with Crippen molar-refractivity contribution in [3.05, 3.63) is 35.5 Å². The van der Waals surface area contributed by atoms with Gasteiger partial charge in [0.15, 0.2) is 0 Å². The second-order valence-corrected chi connectivity index (χ2v) is 8.38. The zero-order chi connectivity index (χ0) is 20.5. The van der Waals surface area contributed by atoms with Crippen LogP contribution in [-0.2, 0) is 22.4 Å². The summed E-state index contributed by atoms with van der Waals surface area (Å²) in [6.45, 7) is 2.93. The van der Waals surface area contributed by atoms with Crippen molar-refractivity contribution in [2.75, 3.05) is 58.2 Å². The van der Waals surface area contributed by atoms with Crippen molar-refractivity contribution in [3.63, 3.8) is 0 Å². The summed E-state index contributed by atoms with van der Waals surface area (Å²) in [5, 5.41) is 3.32. The number of hydrogen-bond donors (Lipinski definition) is 1. The van der Waals surface area contributed by atoms with Crippen LogP contribution in [0.1, 0.15) is 17.7 Å². The molecule has 158 valence electrons. The molecule has 4 rings (SSSR count). The standard InChI is InChI=1S/C21H28F2N4O2/c1-29-18(28)5-3-10-26-12-20(13-26)14-27(15-21(20,22)23)11-8-17-7-6-16-4-2-9-24-19(16)25-17/h3,5-7H,2,4,8-15H2,1H3,(H,24,25)/b5-3+. The van der Waals surface area contributed by atoms with Gasteiger partial charge in [0.05, 0.1) is 19.1 Å². The van der Waals surface area contributed by atoms with Crippen molar-refractivity contribution in [1.82, 2.24) is 14.8 Å². The van der Waals surface area contributed by atoms with Crippen LogP contribution in [0, 0.1) is 5.41 Å². The molecule has 2 fully saturated rings. The molecule has 0 radical (unpaired) electrons. The van der Waals surface area contributed by atoms with Gasteiger partial charge in [0.2, 0.25) is 0 Å². The minimum atomic E-state index is -2.69. The van der Waals surface area contributed by atoms with Gasteiger partial charge >= 0.3 is 5.97 Å². The average Bonchev–Trinajstić information content (AvgIpc) is 2.96. The lowest BCUT2D eigenvalue weighted by atomic mass is 9.76. The number of carbonyl (C=O) groups excluding carboxylic acids is 1. The van der Waals surface area contributed by atoms with E-state index < -0.39 is 17.3 Å². The molecule has 3 aliphatic heterocycles. The normalized spacial score (nSPS) is 23.0. The molecule has 6 nitrogen and oxygen atoms in total. The SMILES string of the molecule is COC(=O)/C=C/CN1CC2(CN(CCc3ccc4c(n3)NCCC4)CC2(F)F)C1. The van der Waals surface area contributed by atoms with Crippen LogP contribution in [0.2, 0.25) is 0 Å². The first-order chi connectivity index (χ1) is 13.9. The third kappa shape index (κ3) is 4.14. The van der Waals surface area contributed by atoms with Crippen molar-refractivity contribution in [1.29, 1.82) is 0 Å². The molecule has 29 heavy (non-hydrogen) atoms. The van der Waals surface area contributed by atoms with E-state index in [1.807, 2.05) is 15.9 Å². The largest absolute Gasteiger partial charge is 0.466 e. The van der Waals surface area contributed by atoms with Gasteiger partial charge in [-0.15, -0.1) is 0 Å². The van der Waals surface area contributed by atoms with Gasteiger partial charge in [-0.3, -0.25) is 9.80 Å². The van der Waals surface area contributed by atoms with Crippen molar-refractivity contribution in [2.24, 2.45) is 5.41 Å². The summed E-state index contributed by atoms with van der Waals surface area (Å²) < 4.78 is 34.0. The third-order valence-corrected chi connectivity index (χ3v) is 6.23. The number of carbonyl (C=O) groups is 1. The van der Waals surface area contributed by atoms with E-state index in [1.165, 1.54) is 18.7 Å². The number of nitrogens with zero attached hydrogens (tertiary/aromatic N) is 3. The molecule has 0 amide bonds. The van der Waals surface area contributed by atoms with E-state index in [0.29, 0.717) is 39.1 Å². The molecule has 1 spiro atoms. The molecule has 8 heteroatoms. The van der Waals surface area contributed by atoms with Crippen LogP contribution < -0.4 is 5.32 Å². The van der Waals surface area contributed by atoms with Crippen molar-refractivity contribution in [2.45, 2.75) is 25.2 Å². The van der Waals surface area contributed by atoms with Gasteiger partial charge in [-0.2, -0.15) is 0 Å². The molecule has 1 aromatic rings. The Labute approximate surface area is 169 Å². The lowest BCUT2D eigenvalue weighted by Gasteiger charge is -2.50. The monoisotopic (exact) mass is 406 g/mol. The molecular formula is C21H28F2N4O2. The van der Waals surface area contributed by atoms with Crippen LogP contribution in [0.25, 0.3) is 0 Å². The Kier molecular flexibility index (Phi) is 5.57. The molecular weight excluding hydrogens is 378 g/mol. The highest BCUT2D eigenvalue weighted by Crippen LogP contribution is 2.49. The minimum Gasteiger partial charge on any atom is -0.466 e. The van der Waals surface area contributed by atoms with E-state index in [2.05, 4.69) is 21.1 Å². The Balaban J connectivity index is 1.29. The van der Waals surface area contributed by atoms with E-state index in [-0.39, 0.29) is 6.54 Å². The predicted octanol–water partition coefficient (Wildman–Crippen LogP) is 1.96. The van der Waals surface area contributed by atoms with Crippen LogP contribution in [0.5, 0.6) is 0 Å². The third-order valence-electron chi connectivity index (χ3n) is 6.23. The maximum atomic E-state index is 14.7. The van der Waals surface area contributed by atoms with Crippen LogP contribution in [0.4, 0.5) is 14.6 Å². The summed E-state index contributed by atoms with van der Waals surface area (Å²) in [6, 6.07) is 4.13. The summed E-state index contributed by atoms with van der Waals surface area (Å²) in [7, 11) is 1.31. The fraction of sp³-hybridized carbons (Fsp3) is 0.619. The summed E-state index contributed by atoms with van der Waals surface area (Å²) in [6.07, 6.45) is 5.84. The van der Waals surface area contributed by atoms with Crippen molar-refractivity contribution < 1.29 is 18.3 Å². The van der Waals surface area contributed by atoms with Gasteiger partial charge < -0.3 is 10.1 Å². The maximum Gasteiger partial charge on any atom is 0.330 e. The van der Waals surface area contributed by atoms with E-state index >= 15 is 0 Å². The second kappa shape index (κ2) is 7.99. The van der Waals surface area contributed by atoms with E-state index in [9.17, 15) is 13.6 Å². The maximum absolute atomic E-state index is 14.7. The average molecular weight is 406 g/mol. The number of anilines is 1. The number of pyridine rings is 1. The molecule has 0 aromatic carbocycles. The molecule has 1 aromatic heterocycles. The van der Waals surface area contributed by atoms with E-state index in [1.54, 1.807) is 6.08 Å². The molecule has 2 saturated heterocycles. The Morgan fingerprint density at radius 1 is 1.28 bits per heavy atom. The fourth-order valence-corrected chi connectivity index (χ4v) is 4.62. The van der Waals surface area contributed by atoms with Crippen LogP contribution in [0.3, 0.4) is 0 Å². The zero-order valence-corrected chi connectivity index (χ0v) is 16.8. The molecule has 4 heterocycles.